The third-order valence-electron chi connectivity index (χ3n) is 4.68. The van der Waals surface area contributed by atoms with Crippen molar-refractivity contribution < 1.29 is 19.5 Å². The number of nitrogens with one attached hydrogen (secondary N) is 1. The number of β-lactam (4-membered cyclic amide) rings is 1. The highest BCUT2D eigenvalue weighted by Gasteiger charge is 2.64. The van der Waals surface area contributed by atoms with Gasteiger partial charge in [-0.1, -0.05) is 30.3 Å². The van der Waals surface area contributed by atoms with Gasteiger partial charge < -0.3 is 15.3 Å². The predicted octanol–water partition coefficient (Wildman–Crippen LogP) is 1.34. The number of carbonyl (C=O) groups is 3. The Labute approximate surface area is 172 Å². The maximum Gasteiger partial charge on any atom is 0.327 e. The van der Waals surface area contributed by atoms with E-state index in [2.05, 4.69) is 15.3 Å². The molecule has 1 aromatic carbocycles. The van der Waals surface area contributed by atoms with E-state index in [-0.39, 0.29) is 23.6 Å². The van der Waals surface area contributed by atoms with Crippen molar-refractivity contribution in [2.24, 2.45) is 0 Å². The zero-order valence-electron chi connectivity index (χ0n) is 16.1. The quantitative estimate of drug-likeness (QED) is 0.726. The number of carbonyl (C=O) groups excluding carboxylic acids is 2. The van der Waals surface area contributed by atoms with Crippen LogP contribution in [-0.4, -0.2) is 60.0 Å². The largest absolute Gasteiger partial charge is 0.480 e. The fraction of sp³-hybridized carbons (Fsp3) is 0.350. The van der Waals surface area contributed by atoms with Crippen LogP contribution in [0.25, 0.3) is 0 Å². The first-order valence-corrected chi connectivity index (χ1v) is 9.95. The van der Waals surface area contributed by atoms with Crippen LogP contribution >= 0.6 is 11.8 Å². The molecule has 2 aliphatic heterocycles. The van der Waals surface area contributed by atoms with Crippen LogP contribution in [0.1, 0.15) is 19.4 Å². The molecular weight excluding hydrogens is 392 g/mol. The lowest BCUT2D eigenvalue weighted by molar-refractivity contribution is -0.161. The molecule has 3 heterocycles. The second-order valence-electron chi connectivity index (χ2n) is 7.21. The Bertz CT molecular complexity index is 852. The fourth-order valence-electron chi connectivity index (χ4n) is 3.40. The molecule has 0 bridgehead atoms. The minimum Gasteiger partial charge on any atom is -0.480 e. The molecule has 9 heteroatoms. The smallest absolute Gasteiger partial charge is 0.327 e. The molecule has 2 aliphatic rings. The van der Waals surface area contributed by atoms with Crippen LogP contribution in [0.4, 0.5) is 0 Å². The van der Waals surface area contributed by atoms with Crippen molar-refractivity contribution >= 4 is 29.5 Å². The summed E-state index contributed by atoms with van der Waals surface area (Å²) in [4.78, 5) is 44.5. The molecule has 8 nitrogen and oxygen atoms in total. The molecule has 152 valence electrons. The first-order chi connectivity index (χ1) is 13.8. The second kappa shape index (κ2) is 8.60. The Kier molecular flexibility index (Phi) is 6.17. The monoisotopic (exact) mass is 414 g/mol. The van der Waals surface area contributed by atoms with E-state index in [1.165, 1.54) is 23.0 Å². The highest BCUT2D eigenvalue weighted by atomic mass is 32.2. The number of aromatic nitrogens is 2. The third-order valence-corrected chi connectivity index (χ3v) is 6.25. The van der Waals surface area contributed by atoms with Gasteiger partial charge in [0.2, 0.25) is 11.8 Å². The number of hydrogen-bond acceptors (Lipinski definition) is 6. The molecule has 2 fully saturated rings. The van der Waals surface area contributed by atoms with E-state index in [0.717, 1.165) is 5.56 Å². The van der Waals surface area contributed by atoms with Crippen LogP contribution in [0.5, 0.6) is 0 Å². The van der Waals surface area contributed by atoms with Gasteiger partial charge in [-0.15, -0.1) is 11.8 Å². The predicted molar refractivity (Wildman–Crippen MR) is 108 cm³/mol. The average molecular weight is 414 g/mol. The highest BCUT2D eigenvalue weighted by Crippen LogP contribution is 2.50. The topological polar surface area (TPSA) is 112 Å². The number of nitrogens with zero attached hydrogens (tertiary/aromatic N) is 3. The van der Waals surface area contributed by atoms with Crippen LogP contribution in [0.15, 0.2) is 55.1 Å². The summed E-state index contributed by atoms with van der Waals surface area (Å²) in [5.74, 6) is -1.55. The maximum atomic E-state index is 12.3. The number of rotatable bonds is 4. The Balaban J connectivity index is 0.000000343. The molecule has 2 amide bonds. The van der Waals surface area contributed by atoms with E-state index in [1.54, 1.807) is 18.5 Å². The molecule has 2 N–H and O–H groups in total. The van der Waals surface area contributed by atoms with Crippen LogP contribution in [0, 0.1) is 0 Å². The van der Waals surface area contributed by atoms with Crippen molar-refractivity contribution in [1.29, 1.82) is 0 Å². The van der Waals surface area contributed by atoms with Gasteiger partial charge in [0.05, 0.1) is 6.42 Å². The number of benzene rings is 1. The maximum absolute atomic E-state index is 12.3. The molecule has 0 unspecified atom stereocenters. The van der Waals surface area contributed by atoms with E-state index >= 15 is 0 Å². The number of thioether (sulfide) groups is 1. The van der Waals surface area contributed by atoms with E-state index in [0.29, 0.717) is 0 Å². The summed E-state index contributed by atoms with van der Waals surface area (Å²) in [6.07, 6.45) is 5.08. The van der Waals surface area contributed by atoms with Gasteiger partial charge in [-0.25, -0.2) is 14.8 Å². The van der Waals surface area contributed by atoms with Gasteiger partial charge in [0.15, 0.2) is 0 Å². The number of carboxylic acid groups (broad SMARTS) is 1. The number of fused-ring (bicyclic) bond motifs is 1. The second-order valence-corrected chi connectivity index (χ2v) is 8.98. The van der Waals surface area contributed by atoms with Crippen molar-refractivity contribution in [2.75, 3.05) is 0 Å². The lowest BCUT2D eigenvalue weighted by atomic mass is 9.96. The average Bonchev–Trinajstić information content (AvgIpc) is 2.97. The summed E-state index contributed by atoms with van der Waals surface area (Å²) < 4.78 is -0.578. The van der Waals surface area contributed by atoms with E-state index < -0.39 is 22.8 Å². The molecule has 2 saturated heterocycles. The molecule has 0 saturated carbocycles. The van der Waals surface area contributed by atoms with Crippen molar-refractivity contribution in [1.82, 2.24) is 20.2 Å². The third kappa shape index (κ3) is 4.56. The normalized spacial score (nSPS) is 23.9. The minimum absolute atomic E-state index is 0.202. The van der Waals surface area contributed by atoms with E-state index in [4.69, 9.17) is 0 Å². The zero-order chi connectivity index (χ0) is 21.0. The van der Waals surface area contributed by atoms with Crippen molar-refractivity contribution in [3.63, 3.8) is 0 Å². The molecule has 4 rings (SSSR count). The van der Waals surface area contributed by atoms with Crippen molar-refractivity contribution in [3.05, 3.63) is 60.7 Å². The number of hydrogen-bond donors (Lipinski definition) is 2. The molecule has 0 spiro atoms. The molecule has 0 aliphatic carbocycles. The van der Waals surface area contributed by atoms with Crippen LogP contribution in [0.3, 0.4) is 0 Å². The summed E-state index contributed by atoms with van der Waals surface area (Å²) in [6, 6.07) is 9.56. The molecule has 1 aromatic heterocycles. The van der Waals surface area contributed by atoms with Crippen molar-refractivity contribution in [3.8, 4) is 0 Å². The molecular formula is C20H22N4O4S. The number of amides is 2. The molecule has 29 heavy (non-hydrogen) atoms. The lowest BCUT2D eigenvalue weighted by Gasteiger charge is -2.43. The van der Waals surface area contributed by atoms with Gasteiger partial charge in [-0.2, -0.15) is 0 Å². The Hall–Kier alpha value is -2.94. The fourth-order valence-corrected chi connectivity index (χ4v) is 5.03. The summed E-state index contributed by atoms with van der Waals surface area (Å²) in [7, 11) is 0. The number of aliphatic carboxylic acids is 1. The zero-order valence-corrected chi connectivity index (χ0v) is 16.9. The Morgan fingerprint density at radius 1 is 1.17 bits per heavy atom. The van der Waals surface area contributed by atoms with Gasteiger partial charge in [0.1, 0.15) is 23.8 Å². The van der Waals surface area contributed by atoms with Gasteiger partial charge in [0.25, 0.3) is 0 Å². The number of carboxylic acids is 1. The van der Waals surface area contributed by atoms with Gasteiger partial charge in [-0.3, -0.25) is 9.59 Å². The van der Waals surface area contributed by atoms with E-state index in [9.17, 15) is 19.5 Å². The first-order valence-electron chi connectivity index (χ1n) is 9.07. The highest BCUT2D eigenvalue weighted by molar-refractivity contribution is 8.01. The van der Waals surface area contributed by atoms with E-state index in [1.807, 2.05) is 44.2 Å². The van der Waals surface area contributed by atoms with Gasteiger partial charge in [0, 0.05) is 17.1 Å². The van der Waals surface area contributed by atoms with Crippen LogP contribution in [-0.2, 0) is 20.8 Å². The first kappa shape index (κ1) is 20.8. The SMILES string of the molecule is CC1(C)S[C@@H]2[C@H](NC(=O)Cc3ccccc3)C(=O)N2[C@H]1C(=O)O.c1cncnc1. The lowest BCUT2D eigenvalue weighted by Crippen LogP contribution is -2.70. The Morgan fingerprint density at radius 2 is 1.83 bits per heavy atom. The van der Waals surface area contributed by atoms with Gasteiger partial charge >= 0.3 is 5.97 Å². The minimum atomic E-state index is -1.01. The molecule has 2 aromatic rings. The van der Waals surface area contributed by atoms with Crippen LogP contribution < -0.4 is 5.32 Å². The molecule has 0 radical (unpaired) electrons. The summed E-state index contributed by atoms with van der Waals surface area (Å²) in [6.45, 7) is 3.62. The summed E-state index contributed by atoms with van der Waals surface area (Å²) in [5.41, 5.74) is 0.872. The summed E-state index contributed by atoms with van der Waals surface area (Å²) >= 11 is 1.42. The van der Waals surface area contributed by atoms with Crippen molar-refractivity contribution in [2.45, 2.75) is 42.5 Å². The Morgan fingerprint density at radius 3 is 2.34 bits per heavy atom. The van der Waals surface area contributed by atoms with Crippen LogP contribution in [0.2, 0.25) is 0 Å². The van der Waals surface area contributed by atoms with Gasteiger partial charge in [-0.05, 0) is 25.5 Å². The standard InChI is InChI=1S/C16H18N2O4S.C4H4N2/c1-16(2)12(15(21)22)18-13(20)11(14(18)23-16)17-10(19)8-9-6-4-3-5-7-9;1-2-5-4-6-3-1/h3-7,11-12,14H,8H2,1-2H3,(H,17,19)(H,21,22);1-4H/t11-,12+,14-;/m1./s1. The summed E-state index contributed by atoms with van der Waals surface area (Å²) in [5, 5.41) is 11.8. The molecule has 3 atom stereocenters.